The zero-order valence-corrected chi connectivity index (χ0v) is 13.7. The average molecular weight is 321 g/mol. The van der Waals surface area contributed by atoms with E-state index in [4.69, 9.17) is 4.42 Å². The molecule has 0 aliphatic carbocycles. The van der Waals surface area contributed by atoms with E-state index in [0.29, 0.717) is 0 Å². The van der Waals surface area contributed by atoms with Crippen molar-refractivity contribution in [2.24, 2.45) is 0 Å². The van der Waals surface area contributed by atoms with Crippen LogP contribution >= 0.6 is 0 Å². The number of nitrogens with zero attached hydrogens (tertiary/aromatic N) is 4. The van der Waals surface area contributed by atoms with E-state index < -0.39 is 0 Å². The zero-order valence-electron chi connectivity index (χ0n) is 13.7. The van der Waals surface area contributed by atoms with Crippen LogP contribution in [0.1, 0.15) is 0 Å². The van der Waals surface area contributed by atoms with Gasteiger partial charge in [-0.05, 0) is 32.3 Å². The van der Waals surface area contributed by atoms with Crippen molar-refractivity contribution in [2.45, 2.75) is 0 Å². The molecule has 0 aliphatic heterocycles. The molecule has 1 aromatic carbocycles. The third-order valence-electron chi connectivity index (χ3n) is 3.93. The Kier molecular flexibility index (Phi) is 3.66. The summed E-state index contributed by atoms with van der Waals surface area (Å²) >= 11 is 0. The number of hydrogen-bond acceptors (Lipinski definition) is 5. The molecular weight excluding hydrogens is 302 g/mol. The molecule has 0 radical (unpaired) electrons. The number of likely N-dealkylation sites (N-methyl/N-ethyl adjacent to an activating group) is 1. The van der Waals surface area contributed by atoms with E-state index in [1.807, 2.05) is 42.6 Å². The summed E-state index contributed by atoms with van der Waals surface area (Å²) in [7, 11) is 4.10. The second-order valence-electron chi connectivity index (χ2n) is 6.02. The number of fused-ring (bicyclic) bond motifs is 2. The highest BCUT2D eigenvalue weighted by Crippen LogP contribution is 2.30. The van der Waals surface area contributed by atoms with Crippen LogP contribution in [-0.2, 0) is 0 Å². The first kappa shape index (κ1) is 14.7. The lowest BCUT2D eigenvalue weighted by Gasteiger charge is -2.10. The van der Waals surface area contributed by atoms with Crippen LogP contribution in [0.15, 0.2) is 53.2 Å². The zero-order chi connectivity index (χ0) is 16.5. The van der Waals surface area contributed by atoms with Crippen LogP contribution in [0, 0.1) is 0 Å². The number of benzene rings is 1. The summed E-state index contributed by atoms with van der Waals surface area (Å²) < 4.78 is 7.72. The summed E-state index contributed by atoms with van der Waals surface area (Å²) in [5.74, 6) is 1.62. The third kappa shape index (κ3) is 2.72. The maximum atomic E-state index is 5.95. The molecule has 0 spiro atoms. The smallest absolute Gasteiger partial charge is 0.168 e. The maximum Gasteiger partial charge on any atom is 0.168 e. The van der Waals surface area contributed by atoms with Crippen LogP contribution in [0.3, 0.4) is 0 Å². The summed E-state index contributed by atoms with van der Waals surface area (Å²) in [4.78, 5) is 6.82. The SMILES string of the molecule is CN(C)CCNc1ccn2ncc(-c3cc4ccccc4o3)c2n1. The van der Waals surface area contributed by atoms with Crippen molar-refractivity contribution in [3.8, 4) is 11.3 Å². The predicted octanol–water partition coefficient (Wildman–Crippen LogP) is 3.12. The minimum absolute atomic E-state index is 0.781. The van der Waals surface area contributed by atoms with Crippen LogP contribution in [0.2, 0.25) is 0 Å². The van der Waals surface area contributed by atoms with Gasteiger partial charge >= 0.3 is 0 Å². The van der Waals surface area contributed by atoms with Gasteiger partial charge < -0.3 is 14.6 Å². The minimum atomic E-state index is 0.781. The molecule has 6 heteroatoms. The predicted molar refractivity (Wildman–Crippen MR) is 95.2 cm³/mol. The molecule has 4 rings (SSSR count). The third-order valence-corrected chi connectivity index (χ3v) is 3.93. The number of hydrogen-bond donors (Lipinski definition) is 1. The van der Waals surface area contributed by atoms with Gasteiger partial charge in [-0.25, -0.2) is 9.50 Å². The summed E-state index contributed by atoms with van der Waals surface area (Å²) in [5, 5.41) is 8.79. The van der Waals surface area contributed by atoms with Gasteiger partial charge in [0.15, 0.2) is 5.65 Å². The van der Waals surface area contributed by atoms with Crippen LogP contribution < -0.4 is 5.32 Å². The van der Waals surface area contributed by atoms with E-state index in [0.717, 1.165) is 46.8 Å². The first-order valence-corrected chi connectivity index (χ1v) is 7.93. The minimum Gasteiger partial charge on any atom is -0.456 e. The molecule has 0 saturated heterocycles. The van der Waals surface area contributed by atoms with E-state index in [-0.39, 0.29) is 0 Å². The van der Waals surface area contributed by atoms with Crippen LogP contribution in [0.5, 0.6) is 0 Å². The largest absolute Gasteiger partial charge is 0.456 e. The highest BCUT2D eigenvalue weighted by Gasteiger charge is 2.13. The molecule has 1 N–H and O–H groups in total. The lowest BCUT2D eigenvalue weighted by Crippen LogP contribution is -2.21. The first-order valence-electron chi connectivity index (χ1n) is 7.93. The second kappa shape index (κ2) is 5.98. The molecule has 122 valence electrons. The fourth-order valence-electron chi connectivity index (χ4n) is 2.66. The molecule has 24 heavy (non-hydrogen) atoms. The Bertz CT molecular complexity index is 952. The van der Waals surface area contributed by atoms with Crippen molar-refractivity contribution in [1.29, 1.82) is 0 Å². The van der Waals surface area contributed by atoms with Crippen molar-refractivity contribution in [3.63, 3.8) is 0 Å². The Balaban J connectivity index is 1.70. The lowest BCUT2D eigenvalue weighted by atomic mass is 10.2. The Morgan fingerprint density at radius 2 is 2.08 bits per heavy atom. The second-order valence-corrected chi connectivity index (χ2v) is 6.02. The van der Waals surface area contributed by atoms with Gasteiger partial charge in [-0.2, -0.15) is 5.10 Å². The number of nitrogens with one attached hydrogen (secondary N) is 1. The van der Waals surface area contributed by atoms with Gasteiger partial charge in [-0.3, -0.25) is 0 Å². The molecule has 3 aromatic heterocycles. The van der Waals surface area contributed by atoms with Crippen LogP contribution in [0.4, 0.5) is 5.82 Å². The molecule has 0 saturated carbocycles. The van der Waals surface area contributed by atoms with E-state index in [1.165, 1.54) is 0 Å². The number of anilines is 1. The Labute approximate surface area is 139 Å². The topological polar surface area (TPSA) is 58.6 Å². The molecule has 0 bridgehead atoms. The fraction of sp³-hybridized carbons (Fsp3) is 0.222. The van der Waals surface area contributed by atoms with E-state index >= 15 is 0 Å². The number of para-hydroxylation sites is 1. The van der Waals surface area contributed by atoms with Gasteiger partial charge in [-0.1, -0.05) is 18.2 Å². The summed E-state index contributed by atoms with van der Waals surface area (Å²) in [6, 6.07) is 11.9. The Hall–Kier alpha value is -2.86. The highest BCUT2D eigenvalue weighted by molar-refractivity contribution is 5.86. The molecule has 4 aromatic rings. The molecule has 6 nitrogen and oxygen atoms in total. The summed E-state index contributed by atoms with van der Waals surface area (Å²) in [6.07, 6.45) is 3.70. The summed E-state index contributed by atoms with van der Waals surface area (Å²) in [5.41, 5.74) is 2.54. The molecule has 0 fully saturated rings. The average Bonchev–Trinajstić information content (AvgIpc) is 3.17. The standard InChI is InChI=1S/C18H19N5O/c1-22(2)10-8-19-17-7-9-23-18(21-17)14(12-20-23)16-11-13-5-3-4-6-15(13)24-16/h3-7,9,11-12H,8,10H2,1-2H3,(H,19,21). The Morgan fingerprint density at radius 1 is 1.21 bits per heavy atom. The fourth-order valence-corrected chi connectivity index (χ4v) is 2.66. The molecule has 3 heterocycles. The molecule has 0 aliphatic rings. The van der Waals surface area contributed by atoms with Gasteiger partial charge in [-0.15, -0.1) is 0 Å². The number of rotatable bonds is 5. The molecule has 0 amide bonds. The van der Waals surface area contributed by atoms with Crippen molar-refractivity contribution >= 4 is 22.4 Å². The van der Waals surface area contributed by atoms with Crippen molar-refractivity contribution in [3.05, 3.63) is 48.8 Å². The van der Waals surface area contributed by atoms with Crippen LogP contribution in [0.25, 0.3) is 27.9 Å². The normalized spacial score (nSPS) is 11.6. The molecule has 0 unspecified atom stereocenters. The number of aromatic nitrogens is 3. The van der Waals surface area contributed by atoms with Crippen molar-refractivity contribution in [2.75, 3.05) is 32.5 Å². The van der Waals surface area contributed by atoms with Gasteiger partial charge in [0.2, 0.25) is 0 Å². The Morgan fingerprint density at radius 3 is 2.92 bits per heavy atom. The van der Waals surface area contributed by atoms with Gasteiger partial charge in [0.1, 0.15) is 17.2 Å². The first-order chi connectivity index (χ1) is 11.7. The van der Waals surface area contributed by atoms with Crippen molar-refractivity contribution in [1.82, 2.24) is 19.5 Å². The number of furan rings is 1. The summed E-state index contributed by atoms with van der Waals surface area (Å²) in [6.45, 7) is 1.78. The van der Waals surface area contributed by atoms with Gasteiger partial charge in [0, 0.05) is 24.7 Å². The van der Waals surface area contributed by atoms with Gasteiger partial charge in [0.05, 0.1) is 11.8 Å². The molecular formula is C18H19N5O. The van der Waals surface area contributed by atoms with E-state index in [9.17, 15) is 0 Å². The lowest BCUT2D eigenvalue weighted by molar-refractivity contribution is 0.425. The molecule has 0 atom stereocenters. The highest BCUT2D eigenvalue weighted by atomic mass is 16.3. The van der Waals surface area contributed by atoms with Crippen molar-refractivity contribution < 1.29 is 4.42 Å². The van der Waals surface area contributed by atoms with E-state index in [2.05, 4.69) is 34.4 Å². The quantitative estimate of drug-likeness (QED) is 0.612. The monoisotopic (exact) mass is 321 g/mol. The van der Waals surface area contributed by atoms with E-state index in [1.54, 1.807) is 10.7 Å². The van der Waals surface area contributed by atoms with Gasteiger partial charge in [0.25, 0.3) is 0 Å². The van der Waals surface area contributed by atoms with Crippen LogP contribution in [-0.4, -0.2) is 46.7 Å². The maximum absolute atomic E-state index is 5.95.